The van der Waals surface area contributed by atoms with Crippen LogP contribution in [0, 0.1) is 0 Å². The maximum absolute atomic E-state index is 12.0. The second kappa shape index (κ2) is 10.00. The number of aromatic nitrogens is 1. The Morgan fingerprint density at radius 3 is 2.62 bits per heavy atom. The number of carbonyl (C=O) groups excluding carboxylic acids is 2. The third-order valence-corrected chi connectivity index (χ3v) is 4.08. The third-order valence-electron chi connectivity index (χ3n) is 4.08. The van der Waals surface area contributed by atoms with Gasteiger partial charge in [0.1, 0.15) is 0 Å². The molecule has 132 valence electrons. The summed E-state index contributed by atoms with van der Waals surface area (Å²) in [6.45, 7) is 7.24. The maximum Gasteiger partial charge on any atom is 0.222 e. The number of hydrogen-bond acceptors (Lipinski definition) is 5. The van der Waals surface area contributed by atoms with Crippen molar-refractivity contribution < 1.29 is 14.3 Å². The van der Waals surface area contributed by atoms with Gasteiger partial charge in [-0.1, -0.05) is 0 Å². The predicted molar refractivity (Wildman–Crippen MR) is 90.2 cm³/mol. The van der Waals surface area contributed by atoms with Crippen LogP contribution in [0.15, 0.2) is 24.5 Å². The van der Waals surface area contributed by atoms with Crippen LogP contribution in [0.5, 0.6) is 0 Å². The summed E-state index contributed by atoms with van der Waals surface area (Å²) in [5.74, 6) is -0.0466. The van der Waals surface area contributed by atoms with Gasteiger partial charge in [0, 0.05) is 65.0 Å². The molecule has 1 saturated heterocycles. The van der Waals surface area contributed by atoms with Gasteiger partial charge in [-0.25, -0.2) is 0 Å². The number of nitrogens with one attached hydrogen (secondary N) is 1. The molecule has 1 aliphatic heterocycles. The molecule has 1 aliphatic rings. The Kier molecular flexibility index (Phi) is 7.64. The lowest BCUT2D eigenvalue weighted by Crippen LogP contribution is -2.43. The fraction of sp³-hybridized carbons (Fsp3) is 0.588. The lowest BCUT2D eigenvalue weighted by molar-refractivity contribution is -0.130. The molecule has 0 bridgehead atoms. The Morgan fingerprint density at radius 2 is 1.96 bits per heavy atom. The van der Waals surface area contributed by atoms with Crippen LogP contribution in [0.3, 0.4) is 0 Å². The van der Waals surface area contributed by atoms with Gasteiger partial charge in [0.15, 0.2) is 0 Å². The molecule has 0 unspecified atom stereocenters. The third kappa shape index (κ3) is 6.64. The summed E-state index contributed by atoms with van der Waals surface area (Å²) < 4.78 is 5.32. The summed E-state index contributed by atoms with van der Waals surface area (Å²) in [5, 5.41) is 2.87. The van der Waals surface area contributed by atoms with Crippen molar-refractivity contribution >= 4 is 11.8 Å². The van der Waals surface area contributed by atoms with E-state index in [0.717, 1.165) is 38.4 Å². The molecule has 1 N–H and O–H groups in total. The first-order valence-corrected chi connectivity index (χ1v) is 8.36. The van der Waals surface area contributed by atoms with Gasteiger partial charge >= 0.3 is 0 Å². The maximum atomic E-state index is 12.0. The molecule has 0 atom stereocenters. The van der Waals surface area contributed by atoms with Crippen LogP contribution in [-0.4, -0.2) is 72.5 Å². The molecule has 0 aliphatic carbocycles. The van der Waals surface area contributed by atoms with E-state index in [1.54, 1.807) is 24.2 Å². The Morgan fingerprint density at radius 1 is 1.25 bits per heavy atom. The second-order valence-corrected chi connectivity index (χ2v) is 5.84. The number of carbonyl (C=O) groups is 2. The van der Waals surface area contributed by atoms with Crippen LogP contribution in [0.2, 0.25) is 0 Å². The average molecular weight is 334 g/mol. The number of ether oxygens (including phenoxy) is 1. The first kappa shape index (κ1) is 18.4. The van der Waals surface area contributed by atoms with Crippen molar-refractivity contribution in [1.82, 2.24) is 20.1 Å². The minimum absolute atomic E-state index is 0.00481. The highest BCUT2D eigenvalue weighted by Gasteiger charge is 2.15. The van der Waals surface area contributed by atoms with Crippen molar-refractivity contribution in [2.24, 2.45) is 0 Å². The topological polar surface area (TPSA) is 74.8 Å². The Hall–Kier alpha value is -1.99. The molecule has 1 aromatic rings. The summed E-state index contributed by atoms with van der Waals surface area (Å²) in [6, 6.07) is 3.73. The van der Waals surface area contributed by atoms with E-state index < -0.39 is 0 Å². The summed E-state index contributed by atoms with van der Waals surface area (Å²) in [5.41, 5.74) is 1.01. The highest BCUT2D eigenvalue weighted by atomic mass is 16.5. The largest absolute Gasteiger partial charge is 0.379 e. The number of nitrogens with zero attached hydrogens (tertiary/aromatic N) is 3. The zero-order valence-corrected chi connectivity index (χ0v) is 14.2. The number of amides is 2. The standard InChI is InChI=1S/C17H26N4O3/c1-15(22)21(9-8-20-10-12-24-13-11-20)7-4-17(23)19-14-16-2-5-18-6-3-16/h2-3,5-6H,4,7-14H2,1H3,(H,19,23). The van der Waals surface area contributed by atoms with Crippen LogP contribution >= 0.6 is 0 Å². The van der Waals surface area contributed by atoms with Gasteiger partial charge in [-0.15, -0.1) is 0 Å². The van der Waals surface area contributed by atoms with Crippen LogP contribution in [-0.2, 0) is 20.9 Å². The molecule has 0 saturated carbocycles. The molecule has 1 fully saturated rings. The van der Waals surface area contributed by atoms with Gasteiger partial charge in [0.05, 0.1) is 13.2 Å². The molecule has 7 heteroatoms. The van der Waals surface area contributed by atoms with Gasteiger partial charge in [-0.3, -0.25) is 19.5 Å². The molecule has 2 amide bonds. The molecule has 7 nitrogen and oxygen atoms in total. The summed E-state index contributed by atoms with van der Waals surface area (Å²) in [4.78, 5) is 31.7. The van der Waals surface area contributed by atoms with Crippen molar-refractivity contribution in [2.75, 3.05) is 45.9 Å². The highest BCUT2D eigenvalue weighted by molar-refractivity contribution is 5.78. The van der Waals surface area contributed by atoms with Crippen molar-refractivity contribution in [3.63, 3.8) is 0 Å². The predicted octanol–water partition coefficient (Wildman–Crippen LogP) is 0.269. The van der Waals surface area contributed by atoms with E-state index in [9.17, 15) is 9.59 Å². The number of pyridine rings is 1. The first-order chi connectivity index (χ1) is 11.6. The number of hydrogen-bond donors (Lipinski definition) is 1. The molecular formula is C17H26N4O3. The quantitative estimate of drug-likeness (QED) is 0.739. The van der Waals surface area contributed by atoms with E-state index in [1.807, 2.05) is 12.1 Å². The number of morpholine rings is 1. The summed E-state index contributed by atoms with van der Waals surface area (Å²) >= 11 is 0. The fourth-order valence-corrected chi connectivity index (χ4v) is 2.54. The van der Waals surface area contributed by atoms with E-state index in [-0.39, 0.29) is 11.8 Å². The average Bonchev–Trinajstić information content (AvgIpc) is 2.61. The van der Waals surface area contributed by atoms with E-state index >= 15 is 0 Å². The smallest absolute Gasteiger partial charge is 0.222 e. The van der Waals surface area contributed by atoms with Gasteiger partial charge < -0.3 is 15.0 Å². The van der Waals surface area contributed by atoms with Crippen LogP contribution < -0.4 is 5.32 Å². The van der Waals surface area contributed by atoms with Crippen molar-refractivity contribution in [3.05, 3.63) is 30.1 Å². The summed E-state index contributed by atoms with van der Waals surface area (Å²) in [7, 11) is 0. The van der Waals surface area contributed by atoms with E-state index in [4.69, 9.17) is 4.74 Å². The van der Waals surface area contributed by atoms with Gasteiger partial charge in [0.2, 0.25) is 11.8 Å². The molecule has 2 heterocycles. The molecule has 2 rings (SSSR count). The number of rotatable bonds is 8. The lowest BCUT2D eigenvalue weighted by atomic mass is 10.2. The minimum Gasteiger partial charge on any atom is -0.379 e. The molecule has 24 heavy (non-hydrogen) atoms. The van der Waals surface area contributed by atoms with Gasteiger partial charge in [0.25, 0.3) is 0 Å². The molecule has 0 aromatic carbocycles. The van der Waals surface area contributed by atoms with E-state index in [1.165, 1.54) is 0 Å². The zero-order valence-electron chi connectivity index (χ0n) is 14.2. The van der Waals surface area contributed by atoms with Crippen molar-refractivity contribution in [1.29, 1.82) is 0 Å². The first-order valence-electron chi connectivity index (χ1n) is 8.36. The van der Waals surface area contributed by atoms with Crippen LogP contribution in [0.4, 0.5) is 0 Å². The van der Waals surface area contributed by atoms with Gasteiger partial charge in [-0.2, -0.15) is 0 Å². The van der Waals surface area contributed by atoms with E-state index in [2.05, 4.69) is 15.2 Å². The Labute approximate surface area is 143 Å². The summed E-state index contributed by atoms with van der Waals surface area (Å²) in [6.07, 6.45) is 3.71. The molecular weight excluding hydrogens is 308 g/mol. The normalized spacial score (nSPS) is 15.0. The highest BCUT2D eigenvalue weighted by Crippen LogP contribution is 2.00. The Balaban J connectivity index is 1.68. The van der Waals surface area contributed by atoms with Crippen LogP contribution in [0.25, 0.3) is 0 Å². The second-order valence-electron chi connectivity index (χ2n) is 5.84. The van der Waals surface area contributed by atoms with E-state index in [0.29, 0.717) is 26.1 Å². The van der Waals surface area contributed by atoms with Crippen molar-refractivity contribution in [3.8, 4) is 0 Å². The zero-order chi connectivity index (χ0) is 17.2. The molecule has 1 aromatic heterocycles. The fourth-order valence-electron chi connectivity index (χ4n) is 2.54. The van der Waals surface area contributed by atoms with Crippen LogP contribution in [0.1, 0.15) is 18.9 Å². The molecule has 0 spiro atoms. The SMILES string of the molecule is CC(=O)N(CCC(=O)NCc1ccncc1)CCN1CCOCC1. The minimum atomic E-state index is -0.0514. The molecule has 0 radical (unpaired) electrons. The van der Waals surface area contributed by atoms with Crippen molar-refractivity contribution in [2.45, 2.75) is 19.9 Å². The Bertz CT molecular complexity index is 518. The lowest BCUT2D eigenvalue weighted by Gasteiger charge is -2.29. The monoisotopic (exact) mass is 334 g/mol. The van der Waals surface area contributed by atoms with Gasteiger partial charge in [-0.05, 0) is 17.7 Å².